The fourth-order valence-corrected chi connectivity index (χ4v) is 2.70. The van der Waals surface area contributed by atoms with Gasteiger partial charge in [0.05, 0.1) is 6.04 Å². The molecule has 2 fully saturated rings. The Morgan fingerprint density at radius 2 is 2.13 bits per heavy atom. The van der Waals surface area contributed by atoms with Crippen LogP contribution in [0.2, 0.25) is 0 Å². The summed E-state index contributed by atoms with van der Waals surface area (Å²) in [5.41, 5.74) is 0. The minimum absolute atomic E-state index is 0.0103. The lowest BCUT2D eigenvalue weighted by Crippen LogP contribution is -2.47. The van der Waals surface area contributed by atoms with Crippen molar-refractivity contribution in [3.63, 3.8) is 0 Å². The molecule has 0 aliphatic carbocycles. The Bertz CT molecular complexity index is 244. The first-order chi connectivity index (χ1) is 7.20. The Balaban J connectivity index is 1.95. The lowest BCUT2D eigenvalue weighted by Gasteiger charge is -2.28. The molecule has 86 valence electrons. The van der Waals surface area contributed by atoms with E-state index in [9.17, 15) is 4.79 Å². The van der Waals surface area contributed by atoms with Gasteiger partial charge in [0.2, 0.25) is 5.91 Å². The maximum Gasteiger partial charge on any atom is 0.236 e. The Hall–Kier alpha value is -0.610. The van der Waals surface area contributed by atoms with Gasteiger partial charge in [0.15, 0.2) is 0 Å². The summed E-state index contributed by atoms with van der Waals surface area (Å²) in [6.07, 6.45) is 3.76. The largest absolute Gasteiger partial charge is 0.358 e. The highest BCUT2D eigenvalue weighted by Gasteiger charge is 2.32. The van der Waals surface area contributed by atoms with E-state index in [0.717, 1.165) is 13.1 Å². The number of hydrogen-bond donors (Lipinski definition) is 2. The second-order valence-electron chi connectivity index (χ2n) is 4.71. The Morgan fingerprint density at radius 3 is 2.87 bits per heavy atom. The summed E-state index contributed by atoms with van der Waals surface area (Å²) < 4.78 is 0. The van der Waals surface area contributed by atoms with E-state index in [4.69, 9.17) is 0 Å². The fraction of sp³-hybridized carbons (Fsp3) is 0.909. The van der Waals surface area contributed by atoms with Crippen LogP contribution in [0.5, 0.6) is 0 Å². The van der Waals surface area contributed by atoms with Crippen molar-refractivity contribution in [1.29, 1.82) is 0 Å². The minimum atomic E-state index is 0.0103. The maximum absolute atomic E-state index is 11.6. The van der Waals surface area contributed by atoms with E-state index >= 15 is 0 Å². The van der Waals surface area contributed by atoms with Crippen LogP contribution in [0, 0.1) is 0 Å². The van der Waals surface area contributed by atoms with Crippen molar-refractivity contribution in [2.24, 2.45) is 0 Å². The molecule has 1 amide bonds. The molecule has 2 N–H and O–H groups in total. The lowest BCUT2D eigenvalue weighted by atomic mass is 10.1. The third kappa shape index (κ3) is 2.32. The molecule has 0 aromatic carbocycles. The van der Waals surface area contributed by atoms with E-state index in [1.165, 1.54) is 19.3 Å². The molecule has 2 rings (SSSR count). The molecule has 2 heterocycles. The van der Waals surface area contributed by atoms with Gasteiger partial charge in [0.25, 0.3) is 0 Å². The number of likely N-dealkylation sites (tertiary alicyclic amines) is 1. The van der Waals surface area contributed by atoms with Crippen LogP contribution in [-0.2, 0) is 4.79 Å². The molecule has 2 bridgehead atoms. The van der Waals surface area contributed by atoms with Crippen molar-refractivity contribution in [3.8, 4) is 0 Å². The van der Waals surface area contributed by atoms with Gasteiger partial charge in [-0.3, -0.25) is 9.69 Å². The summed E-state index contributed by atoms with van der Waals surface area (Å²) in [4.78, 5) is 13.9. The van der Waals surface area contributed by atoms with E-state index in [2.05, 4.69) is 15.5 Å². The summed E-state index contributed by atoms with van der Waals surface area (Å²) in [5, 5.41) is 6.35. The molecule has 2 saturated heterocycles. The highest BCUT2D eigenvalue weighted by Crippen LogP contribution is 2.21. The van der Waals surface area contributed by atoms with Crippen LogP contribution in [0.3, 0.4) is 0 Å². The van der Waals surface area contributed by atoms with Crippen molar-refractivity contribution in [2.45, 2.75) is 44.3 Å². The van der Waals surface area contributed by atoms with Gasteiger partial charge in [0, 0.05) is 32.2 Å². The van der Waals surface area contributed by atoms with Crippen molar-refractivity contribution < 1.29 is 4.79 Å². The molecular weight excluding hydrogens is 190 g/mol. The van der Waals surface area contributed by atoms with Crippen molar-refractivity contribution in [2.75, 3.05) is 20.1 Å². The molecular formula is C11H21N3O. The quantitative estimate of drug-likeness (QED) is 0.673. The van der Waals surface area contributed by atoms with Crippen molar-refractivity contribution >= 4 is 5.91 Å². The topological polar surface area (TPSA) is 44.4 Å². The van der Waals surface area contributed by atoms with E-state index < -0.39 is 0 Å². The smallest absolute Gasteiger partial charge is 0.236 e. The van der Waals surface area contributed by atoms with Gasteiger partial charge in [-0.2, -0.15) is 0 Å². The molecule has 0 saturated carbocycles. The Morgan fingerprint density at radius 1 is 1.40 bits per heavy atom. The minimum Gasteiger partial charge on any atom is -0.358 e. The van der Waals surface area contributed by atoms with Crippen LogP contribution in [0.15, 0.2) is 0 Å². The normalized spacial score (nSPS) is 33.5. The van der Waals surface area contributed by atoms with E-state index in [1.807, 2.05) is 6.92 Å². The lowest BCUT2D eigenvalue weighted by molar-refractivity contribution is -0.125. The highest BCUT2D eigenvalue weighted by molar-refractivity contribution is 5.80. The number of likely N-dealkylation sites (N-methyl/N-ethyl adjacent to an activating group) is 1. The number of nitrogens with one attached hydrogen (secondary N) is 2. The third-order valence-corrected chi connectivity index (χ3v) is 3.73. The first-order valence-electron chi connectivity index (χ1n) is 5.92. The first kappa shape index (κ1) is 10.9. The number of fused-ring (bicyclic) bond motifs is 2. The predicted molar refractivity (Wildman–Crippen MR) is 59.7 cm³/mol. The summed E-state index contributed by atoms with van der Waals surface area (Å²) in [6, 6.07) is 1.30. The van der Waals surface area contributed by atoms with Crippen LogP contribution in [0.1, 0.15) is 26.2 Å². The molecule has 3 unspecified atom stereocenters. The van der Waals surface area contributed by atoms with Gasteiger partial charge in [-0.05, 0) is 26.2 Å². The van der Waals surface area contributed by atoms with Gasteiger partial charge in [-0.25, -0.2) is 0 Å². The van der Waals surface area contributed by atoms with Gasteiger partial charge in [0.1, 0.15) is 0 Å². The number of nitrogens with zero attached hydrogens (tertiary/aromatic N) is 1. The molecule has 4 heteroatoms. The van der Waals surface area contributed by atoms with E-state index in [1.54, 1.807) is 7.05 Å². The van der Waals surface area contributed by atoms with Crippen LogP contribution in [0.4, 0.5) is 0 Å². The average Bonchev–Trinajstić information content (AvgIpc) is 2.56. The second kappa shape index (κ2) is 4.49. The number of amides is 1. The summed E-state index contributed by atoms with van der Waals surface area (Å²) in [5.74, 6) is 0.132. The first-order valence-corrected chi connectivity index (χ1v) is 5.92. The number of rotatable bonds is 2. The molecule has 0 aromatic rings. The summed E-state index contributed by atoms with van der Waals surface area (Å²) >= 11 is 0. The zero-order chi connectivity index (χ0) is 10.8. The Labute approximate surface area is 91.4 Å². The average molecular weight is 211 g/mol. The molecule has 4 nitrogen and oxygen atoms in total. The molecule has 0 aromatic heterocycles. The zero-order valence-corrected chi connectivity index (χ0v) is 9.62. The zero-order valence-electron chi connectivity index (χ0n) is 9.62. The molecule has 0 radical (unpaired) electrons. The van der Waals surface area contributed by atoms with E-state index in [-0.39, 0.29) is 11.9 Å². The summed E-state index contributed by atoms with van der Waals surface area (Å²) in [7, 11) is 1.71. The number of hydrogen-bond acceptors (Lipinski definition) is 3. The molecule has 15 heavy (non-hydrogen) atoms. The molecule has 2 aliphatic heterocycles. The van der Waals surface area contributed by atoms with Gasteiger partial charge < -0.3 is 10.6 Å². The van der Waals surface area contributed by atoms with Crippen LogP contribution >= 0.6 is 0 Å². The van der Waals surface area contributed by atoms with Gasteiger partial charge in [-0.15, -0.1) is 0 Å². The number of carbonyl (C=O) groups is 1. The van der Waals surface area contributed by atoms with E-state index in [0.29, 0.717) is 12.1 Å². The SMILES string of the molecule is CNC(=O)C(C)N1CCC2CCC(C1)N2. The summed E-state index contributed by atoms with van der Waals surface area (Å²) in [6.45, 7) is 4.06. The predicted octanol–water partition coefficient (Wildman–Crippen LogP) is -0.0528. The van der Waals surface area contributed by atoms with Gasteiger partial charge in [-0.1, -0.05) is 0 Å². The van der Waals surface area contributed by atoms with Crippen LogP contribution in [0.25, 0.3) is 0 Å². The fourth-order valence-electron chi connectivity index (χ4n) is 2.70. The molecule has 0 spiro atoms. The maximum atomic E-state index is 11.6. The highest BCUT2D eigenvalue weighted by atomic mass is 16.2. The third-order valence-electron chi connectivity index (χ3n) is 3.73. The van der Waals surface area contributed by atoms with Crippen molar-refractivity contribution in [3.05, 3.63) is 0 Å². The van der Waals surface area contributed by atoms with Gasteiger partial charge >= 0.3 is 0 Å². The van der Waals surface area contributed by atoms with Crippen LogP contribution in [-0.4, -0.2) is 49.1 Å². The second-order valence-corrected chi connectivity index (χ2v) is 4.71. The van der Waals surface area contributed by atoms with Crippen molar-refractivity contribution in [1.82, 2.24) is 15.5 Å². The standard InChI is InChI=1S/C11H21N3O/c1-8(11(15)12-2)14-6-5-9-3-4-10(7-14)13-9/h8-10,13H,3-7H2,1-2H3,(H,12,15). The molecule has 3 atom stereocenters. The van der Waals surface area contributed by atoms with Crippen LogP contribution < -0.4 is 10.6 Å². The Kier molecular flexibility index (Phi) is 3.26. The molecule has 2 aliphatic rings. The monoisotopic (exact) mass is 211 g/mol. The number of carbonyl (C=O) groups excluding carboxylic acids is 1.